The molecule has 94 valence electrons. The first-order valence-corrected chi connectivity index (χ1v) is 4.92. The fraction of sp³-hybridized carbons (Fsp3) is 0.273. The molecule has 1 atom stereocenters. The van der Waals surface area contributed by atoms with Crippen molar-refractivity contribution in [3.05, 3.63) is 35.4 Å². The van der Waals surface area contributed by atoms with E-state index in [9.17, 15) is 9.59 Å². The fourth-order valence-corrected chi connectivity index (χ4v) is 1.14. The lowest BCUT2D eigenvalue weighted by Gasteiger charge is -2.07. The van der Waals surface area contributed by atoms with E-state index >= 15 is 0 Å². The quantitative estimate of drug-likeness (QED) is 0.717. The number of carbonyl (C=O) groups excluding carboxylic acids is 2. The van der Waals surface area contributed by atoms with Crippen LogP contribution in [0.2, 0.25) is 0 Å². The van der Waals surface area contributed by atoms with Gasteiger partial charge in [-0.05, 0) is 24.6 Å². The molecular formula is C11H16ClN3O2. The highest BCUT2D eigenvalue weighted by Gasteiger charge is 2.06. The third-order valence-corrected chi connectivity index (χ3v) is 2.12. The van der Waals surface area contributed by atoms with Crippen molar-refractivity contribution in [3.63, 3.8) is 0 Å². The standard InChI is InChI=1S/C11H15N3O2.ClH/c1-7(12)11(16)14-6-8-2-4-9(5-3-8)10(13)15;/h2-5,7H,6,12H2,1H3,(H2,13,15)(H,14,16);1H/t7-;/m1./s1. The summed E-state index contributed by atoms with van der Waals surface area (Å²) in [4.78, 5) is 22.0. The molecule has 17 heavy (non-hydrogen) atoms. The summed E-state index contributed by atoms with van der Waals surface area (Å²) >= 11 is 0. The van der Waals surface area contributed by atoms with Gasteiger partial charge in [-0.15, -0.1) is 12.4 Å². The van der Waals surface area contributed by atoms with Gasteiger partial charge in [0.2, 0.25) is 11.8 Å². The predicted octanol–water partition coefficient (Wildman–Crippen LogP) is 0.171. The normalized spacial score (nSPS) is 11.2. The van der Waals surface area contributed by atoms with Crippen LogP contribution >= 0.6 is 12.4 Å². The number of halogens is 1. The van der Waals surface area contributed by atoms with Gasteiger partial charge in [0.25, 0.3) is 0 Å². The van der Waals surface area contributed by atoms with E-state index in [1.807, 2.05) is 0 Å². The molecule has 6 heteroatoms. The van der Waals surface area contributed by atoms with Crippen LogP contribution in [0, 0.1) is 0 Å². The zero-order valence-corrected chi connectivity index (χ0v) is 10.3. The van der Waals surface area contributed by atoms with Gasteiger partial charge in [-0.1, -0.05) is 12.1 Å². The predicted molar refractivity (Wildman–Crippen MR) is 67.7 cm³/mol. The lowest BCUT2D eigenvalue weighted by atomic mass is 10.1. The van der Waals surface area contributed by atoms with Crippen LogP contribution in [-0.4, -0.2) is 17.9 Å². The smallest absolute Gasteiger partial charge is 0.248 e. The molecule has 0 radical (unpaired) electrons. The number of primary amides is 1. The van der Waals surface area contributed by atoms with E-state index in [-0.39, 0.29) is 18.3 Å². The maximum Gasteiger partial charge on any atom is 0.248 e. The first kappa shape index (κ1) is 15.4. The van der Waals surface area contributed by atoms with E-state index in [0.717, 1.165) is 5.56 Å². The third-order valence-electron chi connectivity index (χ3n) is 2.12. The molecule has 0 bridgehead atoms. The molecule has 5 nitrogen and oxygen atoms in total. The summed E-state index contributed by atoms with van der Waals surface area (Å²) < 4.78 is 0. The zero-order valence-electron chi connectivity index (χ0n) is 9.47. The van der Waals surface area contributed by atoms with E-state index in [2.05, 4.69) is 5.32 Å². The third kappa shape index (κ3) is 4.84. The lowest BCUT2D eigenvalue weighted by Crippen LogP contribution is -2.37. The highest BCUT2D eigenvalue weighted by atomic mass is 35.5. The van der Waals surface area contributed by atoms with Crippen molar-refractivity contribution in [1.29, 1.82) is 0 Å². The summed E-state index contributed by atoms with van der Waals surface area (Å²) in [6, 6.07) is 6.19. The van der Waals surface area contributed by atoms with Crippen molar-refractivity contribution in [1.82, 2.24) is 5.32 Å². The maximum atomic E-state index is 11.2. The molecule has 1 aromatic rings. The second-order valence-electron chi connectivity index (χ2n) is 3.57. The van der Waals surface area contributed by atoms with Crippen molar-refractivity contribution in [2.24, 2.45) is 11.5 Å². The van der Waals surface area contributed by atoms with Gasteiger partial charge in [-0.25, -0.2) is 0 Å². The van der Waals surface area contributed by atoms with Crippen LogP contribution in [-0.2, 0) is 11.3 Å². The molecule has 0 saturated heterocycles. The minimum absolute atomic E-state index is 0. The van der Waals surface area contributed by atoms with E-state index in [4.69, 9.17) is 11.5 Å². The Kier molecular flexibility index (Phi) is 6.23. The molecule has 0 unspecified atom stereocenters. The molecule has 5 N–H and O–H groups in total. The van der Waals surface area contributed by atoms with Crippen LogP contribution < -0.4 is 16.8 Å². The highest BCUT2D eigenvalue weighted by Crippen LogP contribution is 2.03. The van der Waals surface area contributed by atoms with E-state index in [1.54, 1.807) is 31.2 Å². The molecule has 0 aliphatic heterocycles. The largest absolute Gasteiger partial charge is 0.366 e. The second-order valence-corrected chi connectivity index (χ2v) is 3.57. The average molecular weight is 258 g/mol. The van der Waals surface area contributed by atoms with Gasteiger partial charge >= 0.3 is 0 Å². The van der Waals surface area contributed by atoms with Gasteiger partial charge < -0.3 is 16.8 Å². The number of hydrogen-bond acceptors (Lipinski definition) is 3. The number of benzene rings is 1. The Morgan fingerprint density at radius 1 is 1.29 bits per heavy atom. The molecule has 0 aliphatic rings. The SMILES string of the molecule is C[C@@H](N)C(=O)NCc1ccc(C(N)=O)cc1.Cl. The van der Waals surface area contributed by atoms with Crippen LogP contribution in [0.25, 0.3) is 0 Å². The molecule has 0 aliphatic carbocycles. The minimum atomic E-state index is -0.523. The second kappa shape index (κ2) is 6.88. The minimum Gasteiger partial charge on any atom is -0.366 e. The first-order chi connectivity index (χ1) is 7.50. The first-order valence-electron chi connectivity index (χ1n) is 4.92. The van der Waals surface area contributed by atoms with E-state index in [0.29, 0.717) is 12.1 Å². The topological polar surface area (TPSA) is 98.2 Å². The summed E-state index contributed by atoms with van der Waals surface area (Å²) in [7, 11) is 0. The lowest BCUT2D eigenvalue weighted by molar-refractivity contribution is -0.122. The fourth-order valence-electron chi connectivity index (χ4n) is 1.14. The molecule has 0 saturated carbocycles. The number of nitrogens with one attached hydrogen (secondary N) is 1. The molecule has 0 aromatic heterocycles. The Bertz CT molecular complexity index is 390. The Hall–Kier alpha value is -1.59. The summed E-state index contributed by atoms with van der Waals surface area (Å²) in [6.45, 7) is 2.00. The number of amides is 2. The van der Waals surface area contributed by atoms with Gasteiger partial charge in [-0.2, -0.15) is 0 Å². The summed E-state index contributed by atoms with van der Waals surface area (Å²) in [5.74, 6) is -0.676. The van der Waals surface area contributed by atoms with Gasteiger partial charge in [0.05, 0.1) is 6.04 Å². The molecule has 1 aromatic carbocycles. The van der Waals surface area contributed by atoms with Crippen molar-refractivity contribution in [2.45, 2.75) is 19.5 Å². The molecular weight excluding hydrogens is 242 g/mol. The van der Waals surface area contributed by atoms with Crippen molar-refractivity contribution in [2.75, 3.05) is 0 Å². The van der Waals surface area contributed by atoms with Gasteiger partial charge in [0, 0.05) is 12.1 Å². The number of nitrogens with two attached hydrogens (primary N) is 2. The highest BCUT2D eigenvalue weighted by molar-refractivity contribution is 5.92. The number of carbonyl (C=O) groups is 2. The van der Waals surface area contributed by atoms with Crippen LogP contribution in [0.3, 0.4) is 0 Å². The van der Waals surface area contributed by atoms with Crippen molar-refractivity contribution >= 4 is 24.2 Å². The number of hydrogen-bond donors (Lipinski definition) is 3. The maximum absolute atomic E-state index is 11.2. The summed E-state index contributed by atoms with van der Waals surface area (Å²) in [5, 5.41) is 2.67. The molecule has 0 fully saturated rings. The zero-order chi connectivity index (χ0) is 12.1. The summed E-state index contributed by atoms with van der Waals surface area (Å²) in [5.41, 5.74) is 11.8. The van der Waals surface area contributed by atoms with E-state index in [1.165, 1.54) is 0 Å². The monoisotopic (exact) mass is 257 g/mol. The Morgan fingerprint density at radius 2 is 1.82 bits per heavy atom. The van der Waals surface area contributed by atoms with Crippen LogP contribution in [0.15, 0.2) is 24.3 Å². The van der Waals surface area contributed by atoms with Crippen LogP contribution in [0.1, 0.15) is 22.8 Å². The summed E-state index contributed by atoms with van der Waals surface area (Å²) in [6.07, 6.45) is 0. The molecule has 1 rings (SSSR count). The molecule has 2 amide bonds. The Labute approximate surface area is 106 Å². The van der Waals surface area contributed by atoms with E-state index < -0.39 is 11.9 Å². The average Bonchev–Trinajstić information content (AvgIpc) is 2.26. The Balaban J connectivity index is 0.00000256. The van der Waals surface area contributed by atoms with Gasteiger partial charge in [-0.3, -0.25) is 9.59 Å². The van der Waals surface area contributed by atoms with Gasteiger partial charge in [0.1, 0.15) is 0 Å². The Morgan fingerprint density at radius 3 is 2.24 bits per heavy atom. The molecule has 0 heterocycles. The van der Waals surface area contributed by atoms with Crippen LogP contribution in [0.5, 0.6) is 0 Å². The number of rotatable bonds is 4. The van der Waals surface area contributed by atoms with Crippen molar-refractivity contribution in [3.8, 4) is 0 Å². The van der Waals surface area contributed by atoms with Crippen molar-refractivity contribution < 1.29 is 9.59 Å². The molecule has 0 spiro atoms. The van der Waals surface area contributed by atoms with Gasteiger partial charge in [0.15, 0.2) is 0 Å². The van der Waals surface area contributed by atoms with Crippen LogP contribution in [0.4, 0.5) is 0 Å².